The number of allylic oxidation sites excluding steroid dienone is 2. The van der Waals surface area contributed by atoms with E-state index in [2.05, 4.69) is 12.2 Å². The van der Waals surface area contributed by atoms with Gasteiger partial charge >= 0.3 is 0 Å². The van der Waals surface area contributed by atoms with Crippen LogP contribution in [0.5, 0.6) is 0 Å². The molecule has 0 radical (unpaired) electrons. The van der Waals surface area contributed by atoms with Crippen molar-refractivity contribution < 1.29 is 14.4 Å². The number of imide groups is 1. The van der Waals surface area contributed by atoms with E-state index in [1.807, 2.05) is 0 Å². The molecule has 2 bridgehead atoms. The van der Waals surface area contributed by atoms with Crippen molar-refractivity contribution in [2.75, 3.05) is 4.90 Å². The van der Waals surface area contributed by atoms with E-state index < -0.39 is 0 Å². The fourth-order valence-corrected chi connectivity index (χ4v) is 5.45. The number of fused-ring (bicyclic) bond motifs is 5. The van der Waals surface area contributed by atoms with Gasteiger partial charge in [-0.2, -0.15) is 0 Å². The van der Waals surface area contributed by atoms with Gasteiger partial charge < -0.3 is 0 Å². The minimum Gasteiger partial charge on any atom is -0.281 e. The van der Waals surface area contributed by atoms with E-state index in [9.17, 15) is 14.4 Å². The Hall–Kier alpha value is -2.37. The van der Waals surface area contributed by atoms with E-state index in [4.69, 9.17) is 11.6 Å². The second-order valence-electron chi connectivity index (χ2n) is 7.41. The molecule has 4 unspecified atom stereocenters. The molecular formula is C22H16ClNO3S. The number of rotatable bonds is 3. The normalized spacial score (nSPS) is 27.5. The molecule has 0 N–H and O–H groups in total. The Morgan fingerprint density at radius 2 is 1.61 bits per heavy atom. The predicted molar refractivity (Wildman–Crippen MR) is 108 cm³/mol. The molecule has 1 aliphatic heterocycles. The third kappa shape index (κ3) is 2.73. The number of benzene rings is 2. The topological polar surface area (TPSA) is 54.5 Å². The number of thioether (sulfide) groups is 1. The Morgan fingerprint density at radius 3 is 2.25 bits per heavy atom. The average molecular weight is 410 g/mol. The first-order valence-electron chi connectivity index (χ1n) is 9.17. The lowest BCUT2D eigenvalue weighted by atomic mass is 9.85. The van der Waals surface area contributed by atoms with Crippen LogP contribution < -0.4 is 4.90 Å². The number of halogens is 1. The van der Waals surface area contributed by atoms with E-state index in [-0.39, 0.29) is 40.6 Å². The van der Waals surface area contributed by atoms with Crippen LogP contribution in [0.25, 0.3) is 0 Å². The Kier molecular flexibility index (Phi) is 4.18. The van der Waals surface area contributed by atoms with Crippen LogP contribution in [0.15, 0.2) is 65.6 Å². The molecule has 0 spiro atoms. The number of hydrogen-bond donors (Lipinski definition) is 0. The summed E-state index contributed by atoms with van der Waals surface area (Å²) in [5.74, 6) is -0.428. The molecule has 2 aromatic carbocycles. The zero-order valence-electron chi connectivity index (χ0n) is 14.7. The average Bonchev–Trinajstić information content (AvgIpc) is 3.37. The van der Waals surface area contributed by atoms with Crippen molar-refractivity contribution in [1.29, 1.82) is 0 Å². The molecule has 4 nitrogen and oxygen atoms in total. The largest absolute Gasteiger partial charge is 0.281 e. The van der Waals surface area contributed by atoms with Gasteiger partial charge in [0.15, 0.2) is 0 Å². The second kappa shape index (κ2) is 6.61. The summed E-state index contributed by atoms with van der Waals surface area (Å²) < 4.78 is 0. The van der Waals surface area contributed by atoms with Crippen molar-refractivity contribution in [2.45, 2.75) is 11.3 Å². The van der Waals surface area contributed by atoms with E-state index in [1.165, 1.54) is 4.90 Å². The molecular weight excluding hydrogens is 394 g/mol. The molecule has 2 aromatic rings. The summed E-state index contributed by atoms with van der Waals surface area (Å²) in [7, 11) is 0. The zero-order valence-corrected chi connectivity index (χ0v) is 16.3. The van der Waals surface area contributed by atoms with Crippen molar-refractivity contribution in [3.8, 4) is 0 Å². The summed E-state index contributed by atoms with van der Waals surface area (Å²) >= 11 is 6.97. The first kappa shape index (κ1) is 17.7. The van der Waals surface area contributed by atoms with Crippen LogP contribution in [0.1, 0.15) is 16.8 Å². The van der Waals surface area contributed by atoms with Gasteiger partial charge in [-0.3, -0.25) is 14.4 Å². The maximum absolute atomic E-state index is 13.0. The highest BCUT2D eigenvalue weighted by molar-refractivity contribution is 8.14. The van der Waals surface area contributed by atoms with Crippen LogP contribution in [0.4, 0.5) is 5.69 Å². The van der Waals surface area contributed by atoms with Gasteiger partial charge in [-0.05, 0) is 66.4 Å². The van der Waals surface area contributed by atoms with Gasteiger partial charge in [0.2, 0.25) is 16.9 Å². The van der Waals surface area contributed by atoms with Crippen molar-refractivity contribution >= 4 is 46.0 Å². The summed E-state index contributed by atoms with van der Waals surface area (Å²) in [5, 5.41) is 0.462. The monoisotopic (exact) mass is 409 g/mol. The number of anilines is 1. The van der Waals surface area contributed by atoms with Crippen LogP contribution in [0.3, 0.4) is 0 Å². The molecule has 6 heteroatoms. The molecule has 0 aromatic heterocycles. The molecule has 2 fully saturated rings. The van der Waals surface area contributed by atoms with Crippen LogP contribution in [-0.2, 0) is 9.59 Å². The van der Waals surface area contributed by atoms with Gasteiger partial charge in [-0.1, -0.05) is 35.9 Å². The molecule has 4 atom stereocenters. The Bertz CT molecular complexity index is 1000. The second-order valence-corrected chi connectivity index (χ2v) is 8.89. The lowest BCUT2D eigenvalue weighted by molar-refractivity contribution is -0.123. The first-order valence-corrected chi connectivity index (χ1v) is 10.4. The highest BCUT2D eigenvalue weighted by Gasteiger charge is 2.59. The summed E-state index contributed by atoms with van der Waals surface area (Å²) in [6, 6.07) is 13.8. The molecule has 3 aliphatic rings. The SMILES string of the molecule is O=C(Sc1ccc(Cl)cc1)c1cccc(N2C(=O)C3C4C=CC(C4)C3C2=O)c1. The maximum atomic E-state index is 13.0. The third-order valence-corrected chi connectivity index (χ3v) is 7.02. The van der Waals surface area contributed by atoms with Gasteiger partial charge in [-0.25, -0.2) is 4.90 Å². The highest BCUT2D eigenvalue weighted by atomic mass is 35.5. The maximum Gasteiger partial charge on any atom is 0.238 e. The molecule has 1 saturated heterocycles. The van der Waals surface area contributed by atoms with Gasteiger partial charge in [0.05, 0.1) is 17.5 Å². The number of hydrogen-bond acceptors (Lipinski definition) is 4. The van der Waals surface area contributed by atoms with Crippen molar-refractivity contribution in [3.05, 3.63) is 71.3 Å². The lowest BCUT2D eigenvalue weighted by Crippen LogP contribution is -2.32. The predicted octanol–water partition coefficient (Wildman–Crippen LogP) is 4.58. The molecule has 5 rings (SSSR count). The van der Waals surface area contributed by atoms with Gasteiger partial charge in [0, 0.05) is 15.5 Å². The minimum absolute atomic E-state index is 0.137. The minimum atomic E-state index is -0.245. The highest BCUT2D eigenvalue weighted by Crippen LogP contribution is 2.53. The number of carbonyl (C=O) groups is 3. The van der Waals surface area contributed by atoms with Crippen molar-refractivity contribution in [1.82, 2.24) is 0 Å². The van der Waals surface area contributed by atoms with Gasteiger partial charge in [-0.15, -0.1) is 0 Å². The van der Waals surface area contributed by atoms with Crippen molar-refractivity contribution in [2.24, 2.45) is 23.7 Å². The van der Waals surface area contributed by atoms with E-state index in [0.29, 0.717) is 16.3 Å². The van der Waals surface area contributed by atoms with Gasteiger partial charge in [0.25, 0.3) is 0 Å². The number of carbonyl (C=O) groups excluding carboxylic acids is 3. The van der Waals surface area contributed by atoms with Crippen LogP contribution in [-0.4, -0.2) is 16.9 Å². The Balaban J connectivity index is 1.40. The number of amides is 2. The van der Waals surface area contributed by atoms with Crippen LogP contribution in [0, 0.1) is 23.7 Å². The van der Waals surface area contributed by atoms with Crippen LogP contribution in [0.2, 0.25) is 5.02 Å². The quantitative estimate of drug-likeness (QED) is 0.423. The fraction of sp³-hybridized carbons (Fsp3) is 0.227. The molecule has 140 valence electrons. The summed E-state index contributed by atoms with van der Waals surface area (Å²) in [6.07, 6.45) is 5.04. The van der Waals surface area contributed by atoms with Crippen LogP contribution >= 0.6 is 23.4 Å². The van der Waals surface area contributed by atoms with E-state index in [1.54, 1.807) is 48.5 Å². The summed E-state index contributed by atoms with van der Waals surface area (Å²) in [4.78, 5) is 40.7. The number of nitrogens with zero attached hydrogens (tertiary/aromatic N) is 1. The molecule has 2 aliphatic carbocycles. The summed E-state index contributed by atoms with van der Waals surface area (Å²) in [6.45, 7) is 0. The van der Waals surface area contributed by atoms with E-state index >= 15 is 0 Å². The molecule has 1 saturated carbocycles. The Morgan fingerprint density at radius 1 is 0.964 bits per heavy atom. The first-order chi connectivity index (χ1) is 13.5. The fourth-order valence-electron chi connectivity index (χ4n) is 4.60. The summed E-state index contributed by atoms with van der Waals surface area (Å²) in [5.41, 5.74) is 0.933. The zero-order chi connectivity index (χ0) is 19.4. The van der Waals surface area contributed by atoms with Gasteiger partial charge in [0.1, 0.15) is 0 Å². The van der Waals surface area contributed by atoms with Crippen molar-refractivity contribution in [3.63, 3.8) is 0 Å². The molecule has 28 heavy (non-hydrogen) atoms. The lowest BCUT2D eigenvalue weighted by Gasteiger charge is -2.17. The standard InChI is InChI=1S/C22H16ClNO3S/c23-15-6-8-17(9-7-15)28-22(27)14-2-1-3-16(11-14)24-20(25)18-12-4-5-13(10-12)19(18)21(24)26/h1-9,11-13,18-19H,10H2. The third-order valence-electron chi connectivity index (χ3n) is 5.83. The molecule has 1 heterocycles. The van der Waals surface area contributed by atoms with E-state index in [0.717, 1.165) is 23.1 Å². The Labute approximate surface area is 171 Å². The smallest absolute Gasteiger partial charge is 0.238 e. The molecule has 2 amide bonds.